The van der Waals surface area contributed by atoms with Gasteiger partial charge < -0.3 is 18.3 Å². The molecule has 2 aromatic heterocycles. The highest BCUT2D eigenvalue weighted by molar-refractivity contribution is 5.98. The molecule has 0 fully saturated rings. The number of benzene rings is 1. The standard InChI is InChI=1S/C21H20N2O6/c1-5-26-14-6-7-17-15(8-14)12(3)19(29-17)21(25)27-10-18(24)23-20-16(9-22)11(2)13(4)28-20/h6-8H,5,10H2,1-4H3,(H,23,24). The molecule has 2 heterocycles. The van der Waals surface area contributed by atoms with Crippen molar-refractivity contribution < 1.29 is 27.9 Å². The maximum atomic E-state index is 12.4. The number of nitriles is 1. The van der Waals surface area contributed by atoms with Crippen LogP contribution in [0.3, 0.4) is 0 Å². The Morgan fingerprint density at radius 2 is 1.93 bits per heavy atom. The van der Waals surface area contributed by atoms with Crippen LogP contribution in [0.15, 0.2) is 27.0 Å². The number of ether oxygens (including phenoxy) is 2. The molecule has 29 heavy (non-hydrogen) atoms. The van der Waals surface area contributed by atoms with Crippen molar-refractivity contribution in [1.29, 1.82) is 5.26 Å². The average Bonchev–Trinajstić information content (AvgIpc) is 3.16. The second-order valence-electron chi connectivity index (χ2n) is 6.37. The fourth-order valence-corrected chi connectivity index (χ4v) is 2.86. The van der Waals surface area contributed by atoms with Gasteiger partial charge in [-0.05, 0) is 45.9 Å². The molecule has 0 aliphatic rings. The summed E-state index contributed by atoms with van der Waals surface area (Å²) in [6, 6.07) is 7.22. The van der Waals surface area contributed by atoms with E-state index in [0.717, 1.165) is 5.39 Å². The van der Waals surface area contributed by atoms with Crippen molar-refractivity contribution in [2.45, 2.75) is 27.7 Å². The quantitative estimate of drug-likeness (QED) is 0.626. The molecule has 8 heteroatoms. The summed E-state index contributed by atoms with van der Waals surface area (Å²) in [5, 5.41) is 12.3. The van der Waals surface area contributed by atoms with Gasteiger partial charge in [0.1, 0.15) is 28.7 Å². The lowest BCUT2D eigenvalue weighted by Crippen LogP contribution is -2.21. The van der Waals surface area contributed by atoms with Gasteiger partial charge in [-0.15, -0.1) is 0 Å². The maximum absolute atomic E-state index is 12.4. The summed E-state index contributed by atoms with van der Waals surface area (Å²) >= 11 is 0. The van der Waals surface area contributed by atoms with Crippen LogP contribution < -0.4 is 10.1 Å². The van der Waals surface area contributed by atoms with E-state index in [1.54, 1.807) is 39.0 Å². The first-order valence-corrected chi connectivity index (χ1v) is 8.98. The summed E-state index contributed by atoms with van der Waals surface area (Å²) in [7, 11) is 0. The Bertz CT molecular complexity index is 1130. The molecule has 1 N–H and O–H groups in total. The molecule has 0 spiro atoms. The van der Waals surface area contributed by atoms with Gasteiger partial charge in [0.15, 0.2) is 6.61 Å². The minimum absolute atomic E-state index is 0.0175. The van der Waals surface area contributed by atoms with Crippen molar-refractivity contribution in [2.75, 3.05) is 18.5 Å². The second-order valence-corrected chi connectivity index (χ2v) is 6.37. The van der Waals surface area contributed by atoms with E-state index in [0.29, 0.717) is 34.8 Å². The summed E-state index contributed by atoms with van der Waals surface area (Å²) in [6.07, 6.45) is 0. The van der Waals surface area contributed by atoms with Gasteiger partial charge in [-0.2, -0.15) is 5.26 Å². The second kappa shape index (κ2) is 8.10. The van der Waals surface area contributed by atoms with E-state index in [9.17, 15) is 14.9 Å². The fourth-order valence-electron chi connectivity index (χ4n) is 2.86. The lowest BCUT2D eigenvalue weighted by atomic mass is 10.1. The van der Waals surface area contributed by atoms with Crippen LogP contribution in [0.5, 0.6) is 5.75 Å². The smallest absolute Gasteiger partial charge is 0.375 e. The Labute approximate surface area is 167 Å². The van der Waals surface area contributed by atoms with Crippen molar-refractivity contribution in [3.63, 3.8) is 0 Å². The van der Waals surface area contributed by atoms with E-state index in [2.05, 4.69) is 5.32 Å². The van der Waals surface area contributed by atoms with E-state index >= 15 is 0 Å². The van der Waals surface area contributed by atoms with Crippen LogP contribution in [0.4, 0.5) is 5.88 Å². The molecule has 1 amide bonds. The highest BCUT2D eigenvalue weighted by Gasteiger charge is 2.22. The molecule has 0 radical (unpaired) electrons. The third-order valence-corrected chi connectivity index (χ3v) is 4.49. The Morgan fingerprint density at radius 3 is 2.62 bits per heavy atom. The van der Waals surface area contributed by atoms with E-state index in [-0.39, 0.29) is 17.2 Å². The normalized spacial score (nSPS) is 10.6. The number of aryl methyl sites for hydroxylation is 2. The summed E-state index contributed by atoms with van der Waals surface area (Å²) in [6.45, 7) is 6.98. The van der Waals surface area contributed by atoms with E-state index < -0.39 is 18.5 Å². The van der Waals surface area contributed by atoms with Gasteiger partial charge in [0, 0.05) is 16.5 Å². The number of hydrogen-bond donors (Lipinski definition) is 1. The molecule has 0 saturated carbocycles. The molecular formula is C21H20N2O6. The van der Waals surface area contributed by atoms with Crippen LogP contribution in [0.25, 0.3) is 11.0 Å². The first-order valence-electron chi connectivity index (χ1n) is 8.98. The topological polar surface area (TPSA) is 115 Å². The SMILES string of the molecule is CCOc1ccc2oc(C(=O)OCC(=O)Nc3oc(C)c(C)c3C#N)c(C)c2c1. The Hall–Kier alpha value is -3.73. The van der Waals surface area contributed by atoms with E-state index in [1.807, 2.05) is 13.0 Å². The minimum atomic E-state index is -0.765. The van der Waals surface area contributed by atoms with Crippen LogP contribution in [0, 0.1) is 32.1 Å². The summed E-state index contributed by atoms with van der Waals surface area (Å²) in [5.41, 5.74) is 1.99. The summed E-state index contributed by atoms with van der Waals surface area (Å²) < 4.78 is 21.5. The van der Waals surface area contributed by atoms with E-state index in [4.69, 9.17) is 18.3 Å². The molecule has 150 valence electrons. The minimum Gasteiger partial charge on any atom is -0.494 e. The zero-order valence-electron chi connectivity index (χ0n) is 16.5. The molecule has 8 nitrogen and oxygen atoms in total. The number of esters is 1. The molecule has 0 aliphatic heterocycles. The van der Waals surface area contributed by atoms with Crippen molar-refractivity contribution in [3.8, 4) is 11.8 Å². The predicted octanol–water partition coefficient (Wildman–Crippen LogP) is 4.02. The number of rotatable bonds is 6. The van der Waals surface area contributed by atoms with Crippen molar-refractivity contribution in [2.24, 2.45) is 0 Å². The Morgan fingerprint density at radius 1 is 1.17 bits per heavy atom. The lowest BCUT2D eigenvalue weighted by Gasteiger charge is -2.04. The number of nitrogens with zero attached hydrogens (tertiary/aromatic N) is 1. The largest absolute Gasteiger partial charge is 0.494 e. The molecule has 0 saturated heterocycles. The maximum Gasteiger partial charge on any atom is 0.375 e. The number of furan rings is 2. The summed E-state index contributed by atoms with van der Waals surface area (Å²) in [4.78, 5) is 24.5. The van der Waals surface area contributed by atoms with Gasteiger partial charge in [0.2, 0.25) is 11.6 Å². The average molecular weight is 396 g/mol. The molecule has 0 atom stereocenters. The molecule has 1 aromatic carbocycles. The fraction of sp³-hybridized carbons (Fsp3) is 0.286. The van der Waals surface area contributed by atoms with Gasteiger partial charge in [0.25, 0.3) is 5.91 Å². The lowest BCUT2D eigenvalue weighted by molar-refractivity contribution is -0.119. The van der Waals surface area contributed by atoms with Gasteiger partial charge >= 0.3 is 5.97 Å². The third kappa shape index (κ3) is 3.94. The van der Waals surface area contributed by atoms with Crippen LogP contribution in [-0.4, -0.2) is 25.1 Å². The molecule has 3 aromatic rings. The number of nitrogens with one attached hydrogen (secondary N) is 1. The van der Waals surface area contributed by atoms with Gasteiger partial charge in [-0.25, -0.2) is 4.79 Å². The molecule has 0 unspecified atom stereocenters. The number of fused-ring (bicyclic) bond motifs is 1. The highest BCUT2D eigenvalue weighted by Crippen LogP contribution is 2.29. The van der Waals surface area contributed by atoms with Crippen LogP contribution in [0.1, 0.15) is 39.9 Å². The van der Waals surface area contributed by atoms with Crippen molar-refractivity contribution in [1.82, 2.24) is 0 Å². The number of hydrogen-bond acceptors (Lipinski definition) is 7. The van der Waals surface area contributed by atoms with Crippen molar-refractivity contribution in [3.05, 3.63) is 46.4 Å². The number of carbonyl (C=O) groups excluding carboxylic acids is 2. The molecular weight excluding hydrogens is 376 g/mol. The molecule has 0 aliphatic carbocycles. The van der Waals surface area contributed by atoms with Gasteiger partial charge in [0.05, 0.1) is 6.61 Å². The Kier molecular flexibility index (Phi) is 5.59. The highest BCUT2D eigenvalue weighted by atomic mass is 16.5. The zero-order chi connectivity index (χ0) is 21.1. The number of carbonyl (C=O) groups is 2. The monoisotopic (exact) mass is 396 g/mol. The predicted molar refractivity (Wildman–Crippen MR) is 104 cm³/mol. The zero-order valence-corrected chi connectivity index (χ0v) is 16.5. The van der Waals surface area contributed by atoms with Crippen LogP contribution in [0.2, 0.25) is 0 Å². The van der Waals surface area contributed by atoms with Crippen LogP contribution in [-0.2, 0) is 9.53 Å². The number of amides is 1. The first-order chi connectivity index (χ1) is 13.8. The van der Waals surface area contributed by atoms with Gasteiger partial charge in [-0.3, -0.25) is 10.1 Å². The number of anilines is 1. The van der Waals surface area contributed by atoms with E-state index in [1.165, 1.54) is 0 Å². The Balaban J connectivity index is 1.69. The third-order valence-electron chi connectivity index (χ3n) is 4.49. The molecule has 3 rings (SSSR count). The molecule has 0 bridgehead atoms. The van der Waals surface area contributed by atoms with Crippen LogP contribution >= 0.6 is 0 Å². The first kappa shape index (κ1) is 20.0. The van der Waals surface area contributed by atoms with Crippen molar-refractivity contribution >= 4 is 28.7 Å². The summed E-state index contributed by atoms with van der Waals surface area (Å²) in [5.74, 6) is -0.149. The van der Waals surface area contributed by atoms with Gasteiger partial charge in [-0.1, -0.05) is 0 Å².